The molecular weight excluding hydrogens is 305 g/mol. The van der Waals surface area contributed by atoms with Gasteiger partial charge in [-0.15, -0.1) is 0 Å². The van der Waals surface area contributed by atoms with Crippen molar-refractivity contribution in [3.63, 3.8) is 0 Å². The van der Waals surface area contributed by atoms with Crippen molar-refractivity contribution in [2.75, 3.05) is 19.8 Å². The molecule has 2 aromatic rings. The molecule has 0 bridgehead atoms. The number of carbonyl (C=O) groups is 1. The van der Waals surface area contributed by atoms with Crippen molar-refractivity contribution < 1.29 is 9.18 Å². The van der Waals surface area contributed by atoms with Gasteiger partial charge in [-0.25, -0.2) is 4.39 Å². The van der Waals surface area contributed by atoms with E-state index >= 15 is 0 Å². The zero-order valence-electron chi connectivity index (χ0n) is 13.5. The van der Waals surface area contributed by atoms with Crippen molar-refractivity contribution >= 4 is 5.91 Å². The second-order valence-electron chi connectivity index (χ2n) is 6.20. The van der Waals surface area contributed by atoms with Gasteiger partial charge in [0.05, 0.1) is 6.67 Å². The van der Waals surface area contributed by atoms with E-state index in [1.54, 1.807) is 24.3 Å². The fourth-order valence-corrected chi connectivity index (χ4v) is 2.85. The van der Waals surface area contributed by atoms with Crippen LogP contribution < -0.4 is 11.1 Å². The van der Waals surface area contributed by atoms with Gasteiger partial charge in [0, 0.05) is 24.7 Å². The lowest BCUT2D eigenvalue weighted by molar-refractivity contribution is 0.0911. The van der Waals surface area contributed by atoms with Gasteiger partial charge in [0.1, 0.15) is 5.82 Å². The number of piperidine rings is 1. The van der Waals surface area contributed by atoms with Gasteiger partial charge in [0.2, 0.25) is 0 Å². The Labute approximate surface area is 141 Å². The highest BCUT2D eigenvalue weighted by molar-refractivity contribution is 5.94. The number of nitrogens with zero attached hydrogens (tertiary/aromatic N) is 1. The number of hydrogen-bond acceptors (Lipinski definition) is 3. The molecule has 3 rings (SSSR count). The van der Waals surface area contributed by atoms with Gasteiger partial charge >= 0.3 is 0 Å². The lowest BCUT2D eigenvalue weighted by atomic mass is 10.0. The molecule has 1 saturated heterocycles. The number of halogens is 1. The summed E-state index contributed by atoms with van der Waals surface area (Å²) in [5.74, 6) is -0.344. The van der Waals surface area contributed by atoms with E-state index in [1.165, 1.54) is 12.1 Å². The third-order valence-electron chi connectivity index (χ3n) is 4.42. The summed E-state index contributed by atoms with van der Waals surface area (Å²) in [6.07, 6.45) is 1.95. The van der Waals surface area contributed by atoms with E-state index in [0.717, 1.165) is 37.1 Å². The van der Waals surface area contributed by atoms with Gasteiger partial charge < -0.3 is 11.1 Å². The summed E-state index contributed by atoms with van der Waals surface area (Å²) in [5.41, 5.74) is 8.38. The molecule has 1 amide bonds. The van der Waals surface area contributed by atoms with E-state index in [9.17, 15) is 9.18 Å². The van der Waals surface area contributed by atoms with Crippen LogP contribution in [0, 0.1) is 5.82 Å². The Morgan fingerprint density at radius 1 is 1.04 bits per heavy atom. The first-order chi connectivity index (χ1) is 11.6. The predicted molar refractivity (Wildman–Crippen MR) is 93.0 cm³/mol. The van der Waals surface area contributed by atoms with E-state index in [0.29, 0.717) is 12.2 Å². The molecule has 126 valence electrons. The second-order valence-corrected chi connectivity index (χ2v) is 6.20. The number of nitrogens with two attached hydrogens (primary N) is 1. The molecule has 0 radical (unpaired) electrons. The standard InChI is InChI=1S/C19H22FN3O/c20-17-7-5-15(6-8-17)14-1-3-16(4-2-14)19(24)22-13-23-11-9-18(21)10-12-23/h1-8,18H,9-13,21H2,(H,22,24). The van der Waals surface area contributed by atoms with Crippen LogP contribution in [-0.2, 0) is 0 Å². The van der Waals surface area contributed by atoms with Crippen molar-refractivity contribution in [3.05, 3.63) is 59.9 Å². The molecule has 5 heteroatoms. The lowest BCUT2D eigenvalue weighted by Gasteiger charge is -2.29. The summed E-state index contributed by atoms with van der Waals surface area (Å²) in [4.78, 5) is 14.4. The molecule has 1 aliphatic rings. The molecule has 0 aromatic heterocycles. The van der Waals surface area contributed by atoms with Gasteiger partial charge in [0.15, 0.2) is 0 Å². The van der Waals surface area contributed by atoms with E-state index < -0.39 is 0 Å². The highest BCUT2D eigenvalue weighted by Crippen LogP contribution is 2.20. The first-order valence-electron chi connectivity index (χ1n) is 8.24. The van der Waals surface area contributed by atoms with Crippen LogP contribution >= 0.6 is 0 Å². The maximum atomic E-state index is 13.0. The number of benzene rings is 2. The maximum Gasteiger partial charge on any atom is 0.252 e. The van der Waals surface area contributed by atoms with Crippen molar-refractivity contribution in [2.24, 2.45) is 5.73 Å². The fourth-order valence-electron chi connectivity index (χ4n) is 2.85. The molecular formula is C19H22FN3O. The van der Waals surface area contributed by atoms with Gasteiger partial charge in [-0.2, -0.15) is 0 Å². The quantitative estimate of drug-likeness (QED) is 0.907. The topological polar surface area (TPSA) is 58.4 Å². The number of likely N-dealkylation sites (tertiary alicyclic amines) is 1. The van der Waals surface area contributed by atoms with Crippen LogP contribution in [0.5, 0.6) is 0 Å². The van der Waals surface area contributed by atoms with Crippen molar-refractivity contribution in [1.29, 1.82) is 0 Å². The summed E-state index contributed by atoms with van der Waals surface area (Å²) < 4.78 is 13.0. The molecule has 1 heterocycles. The Morgan fingerprint density at radius 3 is 2.17 bits per heavy atom. The van der Waals surface area contributed by atoms with Gasteiger partial charge in [-0.1, -0.05) is 24.3 Å². The Balaban J connectivity index is 1.56. The van der Waals surface area contributed by atoms with Crippen LogP contribution in [0.3, 0.4) is 0 Å². The number of amides is 1. The van der Waals surface area contributed by atoms with Gasteiger partial charge in [-0.05, 0) is 48.2 Å². The molecule has 1 fully saturated rings. The average molecular weight is 327 g/mol. The minimum absolute atomic E-state index is 0.0875. The van der Waals surface area contributed by atoms with Crippen molar-refractivity contribution in [2.45, 2.75) is 18.9 Å². The summed E-state index contributed by atoms with van der Waals surface area (Å²) in [6.45, 7) is 2.39. The van der Waals surface area contributed by atoms with Crippen molar-refractivity contribution in [1.82, 2.24) is 10.2 Å². The largest absolute Gasteiger partial charge is 0.339 e. The monoisotopic (exact) mass is 327 g/mol. The fraction of sp³-hybridized carbons (Fsp3) is 0.316. The maximum absolute atomic E-state index is 13.0. The van der Waals surface area contributed by atoms with Crippen LogP contribution in [0.1, 0.15) is 23.2 Å². The third kappa shape index (κ3) is 4.19. The lowest BCUT2D eigenvalue weighted by Crippen LogP contribution is -2.45. The van der Waals surface area contributed by atoms with Crippen LogP contribution in [0.15, 0.2) is 48.5 Å². The first kappa shape index (κ1) is 16.6. The molecule has 0 saturated carbocycles. The molecule has 4 nitrogen and oxygen atoms in total. The predicted octanol–water partition coefficient (Wildman–Crippen LogP) is 2.60. The Hall–Kier alpha value is -2.24. The second kappa shape index (κ2) is 7.55. The summed E-state index contributed by atoms with van der Waals surface area (Å²) in [5, 5.41) is 2.95. The summed E-state index contributed by atoms with van der Waals surface area (Å²) in [6, 6.07) is 13.9. The summed E-state index contributed by atoms with van der Waals surface area (Å²) in [7, 11) is 0. The zero-order valence-corrected chi connectivity index (χ0v) is 13.5. The molecule has 0 unspecified atom stereocenters. The molecule has 2 aromatic carbocycles. The van der Waals surface area contributed by atoms with Crippen LogP contribution in [0.4, 0.5) is 4.39 Å². The molecule has 3 N–H and O–H groups in total. The molecule has 24 heavy (non-hydrogen) atoms. The minimum atomic E-state index is -0.256. The Kier molecular flexibility index (Phi) is 5.23. The molecule has 0 spiro atoms. The van der Waals surface area contributed by atoms with Gasteiger partial charge in [0.25, 0.3) is 5.91 Å². The molecule has 1 aliphatic heterocycles. The number of carbonyl (C=O) groups excluding carboxylic acids is 1. The van der Waals surface area contributed by atoms with E-state index in [4.69, 9.17) is 5.73 Å². The third-order valence-corrected chi connectivity index (χ3v) is 4.42. The van der Waals surface area contributed by atoms with Gasteiger partial charge in [-0.3, -0.25) is 9.69 Å². The highest BCUT2D eigenvalue weighted by atomic mass is 19.1. The SMILES string of the molecule is NC1CCN(CNC(=O)c2ccc(-c3ccc(F)cc3)cc2)CC1. The number of hydrogen-bond donors (Lipinski definition) is 2. The van der Waals surface area contributed by atoms with E-state index in [2.05, 4.69) is 10.2 Å². The average Bonchev–Trinajstić information content (AvgIpc) is 2.62. The minimum Gasteiger partial charge on any atom is -0.339 e. The van der Waals surface area contributed by atoms with Crippen LogP contribution in [-0.4, -0.2) is 36.6 Å². The van der Waals surface area contributed by atoms with E-state index in [1.807, 2.05) is 12.1 Å². The smallest absolute Gasteiger partial charge is 0.252 e. The number of rotatable bonds is 4. The molecule has 0 atom stereocenters. The summed E-state index contributed by atoms with van der Waals surface area (Å²) >= 11 is 0. The first-order valence-corrected chi connectivity index (χ1v) is 8.24. The van der Waals surface area contributed by atoms with Crippen LogP contribution in [0.2, 0.25) is 0 Å². The van der Waals surface area contributed by atoms with Crippen molar-refractivity contribution in [3.8, 4) is 11.1 Å². The molecule has 0 aliphatic carbocycles. The Bertz CT molecular complexity index is 677. The van der Waals surface area contributed by atoms with E-state index in [-0.39, 0.29) is 17.8 Å². The van der Waals surface area contributed by atoms with Crippen LogP contribution in [0.25, 0.3) is 11.1 Å². The zero-order chi connectivity index (χ0) is 16.9. The number of nitrogens with one attached hydrogen (secondary N) is 1. The highest BCUT2D eigenvalue weighted by Gasteiger charge is 2.16. The Morgan fingerprint density at radius 2 is 1.58 bits per heavy atom. The normalized spacial score (nSPS) is 16.1.